The maximum absolute atomic E-state index is 11.5. The number of nitrogens with one attached hydrogen (secondary N) is 2. The second-order valence-electron chi connectivity index (χ2n) is 3.24. The highest BCUT2D eigenvalue weighted by Gasteiger charge is 2.08. The molecule has 1 rings (SSSR count). The fourth-order valence-corrected chi connectivity index (χ4v) is 1.64. The molecule has 98 valence electrons. The summed E-state index contributed by atoms with van der Waals surface area (Å²) >= 11 is 9.07. The number of ether oxygens (including phenoxy) is 1. The van der Waals surface area contributed by atoms with Crippen molar-refractivity contribution in [2.45, 2.75) is 6.92 Å². The van der Waals surface area contributed by atoms with Crippen LogP contribution in [0.25, 0.3) is 0 Å². The summed E-state index contributed by atoms with van der Waals surface area (Å²) in [4.78, 5) is 22.5. The van der Waals surface area contributed by atoms with E-state index in [1.165, 1.54) is 0 Å². The van der Waals surface area contributed by atoms with Gasteiger partial charge in [-0.1, -0.05) is 11.6 Å². The lowest BCUT2D eigenvalue weighted by atomic mass is 10.3. The zero-order valence-corrected chi connectivity index (χ0v) is 12.0. The van der Waals surface area contributed by atoms with Crippen LogP contribution < -0.4 is 10.6 Å². The number of hydrogen-bond acceptors (Lipinski definition) is 3. The van der Waals surface area contributed by atoms with Crippen molar-refractivity contribution in [3.63, 3.8) is 0 Å². The quantitative estimate of drug-likeness (QED) is 0.831. The number of carbonyl (C=O) groups excluding carboxylic acids is 2. The summed E-state index contributed by atoms with van der Waals surface area (Å²) in [5.41, 5.74) is 0.517. The van der Waals surface area contributed by atoms with E-state index in [1.54, 1.807) is 25.1 Å². The van der Waals surface area contributed by atoms with Crippen molar-refractivity contribution in [3.8, 4) is 0 Å². The minimum Gasteiger partial charge on any atom is -0.465 e. The Kier molecular flexibility index (Phi) is 5.94. The lowest BCUT2D eigenvalue weighted by Gasteiger charge is -2.09. The molecular formula is C11H12BrClN2O3. The monoisotopic (exact) mass is 334 g/mol. The minimum absolute atomic E-state index is 0.183. The third-order valence-corrected chi connectivity index (χ3v) is 2.80. The molecule has 0 atom stereocenters. The fourth-order valence-electron chi connectivity index (χ4n) is 1.12. The zero-order valence-electron chi connectivity index (χ0n) is 9.63. The Labute approximate surface area is 118 Å². The second-order valence-corrected chi connectivity index (χ2v) is 4.53. The number of halogens is 2. The molecule has 2 amide bonds. The van der Waals surface area contributed by atoms with E-state index in [0.29, 0.717) is 15.2 Å². The van der Waals surface area contributed by atoms with Crippen LogP contribution in [0.2, 0.25) is 5.02 Å². The fraction of sp³-hybridized carbons (Fsp3) is 0.273. The summed E-state index contributed by atoms with van der Waals surface area (Å²) in [7, 11) is 0. The normalized spacial score (nSPS) is 9.72. The number of rotatable bonds is 4. The molecule has 0 fully saturated rings. The largest absolute Gasteiger partial charge is 0.465 e. The molecule has 0 saturated carbocycles. The van der Waals surface area contributed by atoms with Gasteiger partial charge in [0.2, 0.25) is 0 Å². The summed E-state index contributed by atoms with van der Waals surface area (Å²) in [6, 6.07) is 4.48. The van der Waals surface area contributed by atoms with Crippen molar-refractivity contribution >= 4 is 45.2 Å². The van der Waals surface area contributed by atoms with Gasteiger partial charge in [0, 0.05) is 9.50 Å². The van der Waals surface area contributed by atoms with Crippen LogP contribution in [0.4, 0.5) is 10.5 Å². The highest BCUT2D eigenvalue weighted by molar-refractivity contribution is 9.10. The van der Waals surface area contributed by atoms with E-state index in [9.17, 15) is 9.59 Å². The van der Waals surface area contributed by atoms with E-state index in [4.69, 9.17) is 11.6 Å². The van der Waals surface area contributed by atoms with Gasteiger partial charge >= 0.3 is 12.0 Å². The van der Waals surface area contributed by atoms with Gasteiger partial charge in [0.1, 0.15) is 6.54 Å². The SMILES string of the molecule is CCOC(=O)CNC(=O)Nc1cc(Cl)ccc1Br. The summed E-state index contributed by atoms with van der Waals surface area (Å²) in [5, 5.41) is 5.43. The van der Waals surface area contributed by atoms with E-state index < -0.39 is 12.0 Å². The minimum atomic E-state index is -0.508. The third kappa shape index (κ3) is 4.93. The van der Waals surface area contributed by atoms with Gasteiger partial charge in [-0.2, -0.15) is 0 Å². The summed E-state index contributed by atoms with van der Waals surface area (Å²) in [6.45, 7) is 1.79. The lowest BCUT2D eigenvalue weighted by molar-refractivity contribution is -0.141. The summed E-state index contributed by atoms with van der Waals surface area (Å²) < 4.78 is 5.37. The highest BCUT2D eigenvalue weighted by Crippen LogP contribution is 2.25. The Hall–Kier alpha value is -1.27. The second kappa shape index (κ2) is 7.23. The van der Waals surface area contributed by atoms with Crippen LogP contribution in [0.5, 0.6) is 0 Å². The van der Waals surface area contributed by atoms with Gasteiger partial charge in [0.15, 0.2) is 0 Å². The van der Waals surface area contributed by atoms with E-state index >= 15 is 0 Å². The molecule has 7 heteroatoms. The van der Waals surface area contributed by atoms with Gasteiger partial charge in [0.05, 0.1) is 12.3 Å². The molecule has 0 unspecified atom stereocenters. The molecule has 0 aliphatic rings. The standard InChI is InChI=1S/C11H12BrClN2O3/c1-2-18-10(16)6-14-11(17)15-9-5-7(13)3-4-8(9)12/h3-5H,2,6H2,1H3,(H2,14,15,17). The number of benzene rings is 1. The van der Waals surface area contributed by atoms with Crippen molar-refractivity contribution in [3.05, 3.63) is 27.7 Å². The third-order valence-electron chi connectivity index (χ3n) is 1.88. The first kappa shape index (κ1) is 14.8. The Balaban J connectivity index is 2.49. The zero-order chi connectivity index (χ0) is 13.5. The predicted octanol–water partition coefficient (Wildman–Crippen LogP) is 2.79. The van der Waals surface area contributed by atoms with Gasteiger partial charge in [-0.05, 0) is 41.1 Å². The maximum atomic E-state index is 11.5. The molecule has 0 radical (unpaired) electrons. The molecule has 1 aromatic rings. The predicted molar refractivity (Wildman–Crippen MR) is 72.8 cm³/mol. The van der Waals surface area contributed by atoms with E-state index in [2.05, 4.69) is 31.3 Å². The summed E-state index contributed by atoms with van der Waals surface area (Å²) in [6.07, 6.45) is 0. The number of hydrogen-bond donors (Lipinski definition) is 2. The molecule has 5 nitrogen and oxygen atoms in total. The number of amides is 2. The molecule has 1 aromatic carbocycles. The Morgan fingerprint density at radius 2 is 2.17 bits per heavy atom. The van der Waals surface area contributed by atoms with Gasteiger partial charge < -0.3 is 15.4 Å². The van der Waals surface area contributed by atoms with Crippen LogP contribution in [-0.2, 0) is 9.53 Å². The van der Waals surface area contributed by atoms with Crippen molar-refractivity contribution in [1.29, 1.82) is 0 Å². The Morgan fingerprint density at radius 1 is 1.44 bits per heavy atom. The number of anilines is 1. The van der Waals surface area contributed by atoms with Crippen LogP contribution in [-0.4, -0.2) is 25.2 Å². The van der Waals surface area contributed by atoms with Crippen molar-refractivity contribution in [2.75, 3.05) is 18.5 Å². The average Bonchev–Trinajstić information content (AvgIpc) is 2.32. The first-order valence-electron chi connectivity index (χ1n) is 5.18. The molecule has 0 aromatic heterocycles. The number of carbonyl (C=O) groups is 2. The van der Waals surface area contributed by atoms with Gasteiger partial charge in [-0.15, -0.1) is 0 Å². The van der Waals surface area contributed by atoms with E-state index in [0.717, 1.165) is 0 Å². The average molecular weight is 336 g/mol. The molecule has 0 bridgehead atoms. The molecule has 0 aliphatic heterocycles. The van der Waals surface area contributed by atoms with Crippen molar-refractivity contribution in [1.82, 2.24) is 5.32 Å². The molecule has 0 spiro atoms. The smallest absolute Gasteiger partial charge is 0.325 e. The highest BCUT2D eigenvalue weighted by atomic mass is 79.9. The molecular weight excluding hydrogens is 323 g/mol. The van der Waals surface area contributed by atoms with Crippen LogP contribution in [0, 0.1) is 0 Å². The van der Waals surface area contributed by atoms with Crippen LogP contribution in [0.1, 0.15) is 6.92 Å². The van der Waals surface area contributed by atoms with Gasteiger partial charge in [0.25, 0.3) is 0 Å². The molecule has 0 heterocycles. The van der Waals surface area contributed by atoms with Gasteiger partial charge in [-0.25, -0.2) is 4.79 Å². The summed E-state index contributed by atoms with van der Waals surface area (Å²) in [5.74, 6) is -0.488. The molecule has 0 saturated heterocycles. The van der Waals surface area contributed by atoms with Crippen molar-refractivity contribution < 1.29 is 14.3 Å². The van der Waals surface area contributed by atoms with Gasteiger partial charge in [-0.3, -0.25) is 4.79 Å². The molecule has 18 heavy (non-hydrogen) atoms. The lowest BCUT2D eigenvalue weighted by Crippen LogP contribution is -2.34. The number of urea groups is 1. The first-order chi connectivity index (χ1) is 8.52. The Morgan fingerprint density at radius 3 is 2.83 bits per heavy atom. The van der Waals surface area contributed by atoms with Crippen molar-refractivity contribution in [2.24, 2.45) is 0 Å². The van der Waals surface area contributed by atoms with E-state index in [-0.39, 0.29) is 13.2 Å². The Bertz CT molecular complexity index is 454. The van der Waals surface area contributed by atoms with Crippen LogP contribution in [0.3, 0.4) is 0 Å². The van der Waals surface area contributed by atoms with E-state index in [1.807, 2.05) is 0 Å². The molecule has 2 N–H and O–H groups in total. The topological polar surface area (TPSA) is 67.4 Å². The first-order valence-corrected chi connectivity index (χ1v) is 6.35. The van der Waals surface area contributed by atoms with Crippen LogP contribution >= 0.6 is 27.5 Å². The molecule has 0 aliphatic carbocycles. The maximum Gasteiger partial charge on any atom is 0.325 e. The number of esters is 1. The van der Waals surface area contributed by atoms with Crippen LogP contribution in [0.15, 0.2) is 22.7 Å².